The van der Waals surface area contributed by atoms with Crippen molar-refractivity contribution >= 4 is 27.1 Å². The molecule has 1 amide bonds. The number of aryl methyl sites for hydroxylation is 1. The van der Waals surface area contributed by atoms with Crippen LogP contribution >= 0.6 is 0 Å². The molecule has 192 valence electrons. The first-order valence-corrected chi connectivity index (χ1v) is 13.5. The Bertz CT molecular complexity index is 1390. The summed E-state index contributed by atoms with van der Waals surface area (Å²) in [5, 5.41) is 18.6. The maximum Gasteiger partial charge on any atom is 0.236 e. The van der Waals surface area contributed by atoms with E-state index in [9.17, 15) is 23.4 Å². The molecule has 1 atom stereocenters. The molecule has 4 rings (SSSR count). The van der Waals surface area contributed by atoms with Crippen LogP contribution in [0.3, 0.4) is 0 Å². The Morgan fingerprint density at radius 1 is 0.784 bits per heavy atom. The molecule has 0 heterocycles. The Balaban J connectivity index is 0.000000208. The molecule has 0 spiro atoms. The number of aliphatic hydroxyl groups is 1. The molecule has 0 aliphatic heterocycles. The second-order valence-electron chi connectivity index (χ2n) is 8.61. The van der Waals surface area contributed by atoms with Crippen LogP contribution in [0.25, 0.3) is 0 Å². The van der Waals surface area contributed by atoms with Crippen molar-refractivity contribution in [3.63, 3.8) is 0 Å². The Morgan fingerprint density at radius 2 is 1.30 bits per heavy atom. The van der Waals surface area contributed by atoms with Gasteiger partial charge in [0.05, 0.1) is 23.2 Å². The van der Waals surface area contributed by atoms with Gasteiger partial charge in [-0.2, -0.15) is 0 Å². The minimum Gasteiger partial charge on any atom is -0.508 e. The fraction of sp³-hybridized carbons (Fsp3) is 0.167. The molecule has 0 bridgehead atoms. The van der Waals surface area contributed by atoms with E-state index < -0.39 is 15.8 Å². The number of rotatable bonds is 7. The fourth-order valence-corrected chi connectivity index (χ4v) is 5.04. The lowest BCUT2D eigenvalue weighted by Gasteiger charge is -2.25. The average Bonchev–Trinajstić information content (AvgIpc) is 2.92. The highest BCUT2D eigenvalue weighted by Gasteiger charge is 2.23. The van der Waals surface area contributed by atoms with Crippen LogP contribution in [0.2, 0.25) is 0 Å². The molecule has 37 heavy (non-hydrogen) atoms. The number of phenols is 1. The zero-order valence-electron chi connectivity index (χ0n) is 20.9. The number of nitrogens with zero attached hydrogens (tertiary/aromatic N) is 1. The summed E-state index contributed by atoms with van der Waals surface area (Å²) in [5.74, 6) is -0.484. The number of carbonyl (C=O) groups excluding carboxylic acids is 1. The standard InChI is InChI=1S/C16H17NO3.C14H14O2S/c1-12(11-18)16(20)17(13-5-3-2-4-6-13)14-7-9-15(19)10-8-14;1-12-7-5-6-8-13(12)11-17(15,16)14-9-3-2-4-10-14/h2-10,12,18-19H,11H2,1H3;2-10H,11H2,1H3. The Labute approximate surface area is 218 Å². The van der Waals surface area contributed by atoms with E-state index in [1.54, 1.807) is 48.2 Å². The number of para-hydroxylation sites is 1. The summed E-state index contributed by atoms with van der Waals surface area (Å²) < 4.78 is 24.3. The van der Waals surface area contributed by atoms with Gasteiger partial charge in [0, 0.05) is 11.4 Å². The van der Waals surface area contributed by atoms with Gasteiger partial charge < -0.3 is 10.2 Å². The predicted molar refractivity (Wildman–Crippen MR) is 146 cm³/mol. The van der Waals surface area contributed by atoms with Crippen LogP contribution < -0.4 is 4.90 Å². The van der Waals surface area contributed by atoms with Crippen LogP contribution in [0.4, 0.5) is 11.4 Å². The molecule has 0 aliphatic carbocycles. The summed E-state index contributed by atoms with van der Waals surface area (Å²) in [5.41, 5.74) is 3.24. The lowest BCUT2D eigenvalue weighted by atomic mass is 10.1. The number of amides is 1. The van der Waals surface area contributed by atoms with Gasteiger partial charge in [0.15, 0.2) is 9.84 Å². The largest absolute Gasteiger partial charge is 0.508 e. The van der Waals surface area contributed by atoms with Crippen LogP contribution in [0.15, 0.2) is 114 Å². The van der Waals surface area contributed by atoms with E-state index in [0.29, 0.717) is 10.6 Å². The lowest BCUT2D eigenvalue weighted by molar-refractivity contribution is -0.122. The van der Waals surface area contributed by atoms with Crippen molar-refractivity contribution in [1.29, 1.82) is 0 Å². The number of hydrogen-bond acceptors (Lipinski definition) is 5. The SMILES string of the molecule is CC(CO)C(=O)N(c1ccccc1)c1ccc(O)cc1.Cc1ccccc1CS(=O)(=O)c1ccccc1. The number of sulfone groups is 1. The van der Waals surface area contributed by atoms with Crippen LogP contribution in [-0.2, 0) is 20.4 Å². The minimum atomic E-state index is -3.24. The Morgan fingerprint density at radius 3 is 1.86 bits per heavy atom. The topological polar surface area (TPSA) is 94.9 Å². The molecule has 0 saturated carbocycles. The van der Waals surface area contributed by atoms with Gasteiger partial charge in [0.25, 0.3) is 0 Å². The second-order valence-corrected chi connectivity index (χ2v) is 10.6. The molecule has 7 heteroatoms. The van der Waals surface area contributed by atoms with Crippen molar-refractivity contribution in [2.75, 3.05) is 11.5 Å². The highest BCUT2D eigenvalue weighted by molar-refractivity contribution is 7.90. The molecule has 2 N–H and O–H groups in total. The molecular weight excluding hydrogens is 486 g/mol. The van der Waals surface area contributed by atoms with E-state index in [1.807, 2.05) is 67.6 Å². The molecule has 4 aromatic rings. The van der Waals surface area contributed by atoms with E-state index in [2.05, 4.69) is 0 Å². The van der Waals surface area contributed by atoms with Gasteiger partial charge in [0.2, 0.25) is 5.91 Å². The van der Waals surface area contributed by atoms with Crippen molar-refractivity contribution in [3.05, 3.63) is 120 Å². The lowest BCUT2D eigenvalue weighted by Crippen LogP contribution is -2.32. The van der Waals surface area contributed by atoms with Gasteiger partial charge in [-0.3, -0.25) is 9.69 Å². The third-order valence-corrected chi connectivity index (χ3v) is 7.43. The van der Waals surface area contributed by atoms with Crippen LogP contribution in [0.5, 0.6) is 5.75 Å². The molecule has 0 fully saturated rings. The van der Waals surface area contributed by atoms with Gasteiger partial charge in [-0.1, -0.05) is 67.6 Å². The van der Waals surface area contributed by atoms with Gasteiger partial charge in [-0.15, -0.1) is 0 Å². The molecule has 0 radical (unpaired) electrons. The summed E-state index contributed by atoms with van der Waals surface area (Å²) in [6.45, 7) is 3.40. The number of carbonyl (C=O) groups is 1. The highest BCUT2D eigenvalue weighted by atomic mass is 32.2. The monoisotopic (exact) mass is 517 g/mol. The minimum absolute atomic E-state index is 0.0592. The summed E-state index contributed by atoms with van der Waals surface area (Å²) >= 11 is 0. The fourth-order valence-electron chi connectivity index (χ4n) is 3.57. The van der Waals surface area contributed by atoms with Crippen LogP contribution in [0.1, 0.15) is 18.1 Å². The zero-order chi connectivity index (χ0) is 26.8. The number of aromatic hydroxyl groups is 1. The number of phenolic OH excluding ortho intramolecular Hbond substituents is 1. The van der Waals surface area contributed by atoms with Gasteiger partial charge in [-0.25, -0.2) is 8.42 Å². The Hall–Kier alpha value is -3.94. The molecule has 0 aromatic heterocycles. The van der Waals surface area contributed by atoms with E-state index >= 15 is 0 Å². The highest BCUT2D eigenvalue weighted by Crippen LogP contribution is 2.28. The third kappa shape index (κ3) is 7.52. The summed E-state index contributed by atoms with van der Waals surface area (Å²) in [7, 11) is -3.24. The van der Waals surface area contributed by atoms with E-state index in [0.717, 1.165) is 16.8 Å². The van der Waals surface area contributed by atoms with E-state index in [4.69, 9.17) is 0 Å². The van der Waals surface area contributed by atoms with Crippen molar-refractivity contribution in [2.45, 2.75) is 24.5 Å². The summed E-state index contributed by atoms with van der Waals surface area (Å²) in [4.78, 5) is 14.4. The number of aliphatic hydroxyl groups excluding tert-OH is 1. The number of anilines is 2. The first-order chi connectivity index (χ1) is 17.7. The van der Waals surface area contributed by atoms with E-state index in [-0.39, 0.29) is 24.0 Å². The quantitative estimate of drug-likeness (QED) is 0.330. The summed E-state index contributed by atoms with van der Waals surface area (Å²) in [6.07, 6.45) is 0. The van der Waals surface area contributed by atoms with E-state index in [1.165, 1.54) is 12.1 Å². The molecular formula is C30H31NO5S. The molecule has 1 unspecified atom stereocenters. The van der Waals surface area contributed by atoms with Gasteiger partial charge >= 0.3 is 0 Å². The maximum absolute atomic E-state index is 12.5. The van der Waals surface area contributed by atoms with Crippen LogP contribution in [-0.4, -0.2) is 31.1 Å². The average molecular weight is 518 g/mol. The van der Waals surface area contributed by atoms with Crippen LogP contribution in [0, 0.1) is 12.8 Å². The summed E-state index contributed by atoms with van der Waals surface area (Å²) in [6, 6.07) is 31.7. The van der Waals surface area contributed by atoms with Crippen molar-refractivity contribution in [2.24, 2.45) is 5.92 Å². The maximum atomic E-state index is 12.5. The molecule has 4 aromatic carbocycles. The number of benzene rings is 4. The van der Waals surface area contributed by atoms with Gasteiger partial charge in [-0.05, 0) is 66.6 Å². The normalized spacial score (nSPS) is 11.6. The zero-order valence-corrected chi connectivity index (χ0v) is 21.7. The third-order valence-electron chi connectivity index (χ3n) is 5.75. The second kappa shape index (κ2) is 12.9. The van der Waals surface area contributed by atoms with Crippen molar-refractivity contribution < 1.29 is 23.4 Å². The first kappa shape index (κ1) is 27.6. The first-order valence-electron chi connectivity index (χ1n) is 11.8. The molecule has 6 nitrogen and oxygen atoms in total. The van der Waals surface area contributed by atoms with Crippen molar-refractivity contribution in [1.82, 2.24) is 0 Å². The predicted octanol–water partition coefficient (Wildman–Crippen LogP) is 5.65. The smallest absolute Gasteiger partial charge is 0.236 e. The molecule has 0 saturated heterocycles. The number of hydrogen-bond donors (Lipinski definition) is 2. The van der Waals surface area contributed by atoms with Crippen molar-refractivity contribution in [3.8, 4) is 5.75 Å². The molecule has 0 aliphatic rings. The Kier molecular flexibility index (Phi) is 9.60. The van der Waals surface area contributed by atoms with Gasteiger partial charge in [0.1, 0.15) is 5.75 Å².